The molecule has 8 heteroatoms. The number of halogens is 2. The van der Waals surface area contributed by atoms with E-state index in [1.54, 1.807) is 6.07 Å². The molecule has 0 bridgehead atoms. The Morgan fingerprint density at radius 3 is 2.50 bits per heavy atom. The van der Waals surface area contributed by atoms with Crippen molar-refractivity contribution in [3.63, 3.8) is 0 Å². The van der Waals surface area contributed by atoms with Gasteiger partial charge in [-0.2, -0.15) is 10.5 Å². The van der Waals surface area contributed by atoms with Crippen molar-refractivity contribution in [2.75, 3.05) is 12.8 Å². The smallest absolute Gasteiger partial charge is 0.268 e. The molecule has 110 valence electrons. The molecule has 0 atom stereocenters. The van der Waals surface area contributed by atoms with Crippen LogP contribution in [-0.2, 0) is 0 Å². The molecule has 1 heterocycles. The number of nitrogens with one attached hydrogen (secondary N) is 1. The van der Waals surface area contributed by atoms with Crippen molar-refractivity contribution in [1.29, 1.82) is 10.5 Å². The number of aromatic amines is 1. The maximum absolute atomic E-state index is 14.0. The maximum Gasteiger partial charge on any atom is 0.268 e. The lowest BCUT2D eigenvalue weighted by Gasteiger charge is -2.13. The first-order valence-electron chi connectivity index (χ1n) is 5.84. The van der Waals surface area contributed by atoms with Crippen molar-refractivity contribution < 1.29 is 9.13 Å². The summed E-state index contributed by atoms with van der Waals surface area (Å²) in [4.78, 5) is 14.1. The van der Waals surface area contributed by atoms with Crippen molar-refractivity contribution in [3.05, 3.63) is 43.9 Å². The lowest BCUT2D eigenvalue weighted by molar-refractivity contribution is 0.388. The summed E-state index contributed by atoms with van der Waals surface area (Å²) in [5, 5.41) is 18.5. The molecule has 1 aromatic heterocycles. The molecule has 0 amide bonds. The molecule has 3 N–H and O–H groups in total. The number of nitrogens with two attached hydrogens (primary N) is 1. The minimum Gasteiger partial charge on any atom is -0.493 e. The predicted molar refractivity (Wildman–Crippen MR) is 80.6 cm³/mol. The highest BCUT2D eigenvalue weighted by molar-refractivity contribution is 9.10. The molecule has 0 aliphatic carbocycles. The number of pyridine rings is 1. The Bertz CT molecular complexity index is 909. The molecule has 0 radical (unpaired) electrons. The first-order valence-corrected chi connectivity index (χ1v) is 6.63. The third kappa shape index (κ3) is 2.41. The van der Waals surface area contributed by atoms with E-state index < -0.39 is 11.4 Å². The monoisotopic (exact) mass is 362 g/mol. The number of aromatic nitrogens is 1. The van der Waals surface area contributed by atoms with Crippen LogP contribution in [-0.4, -0.2) is 12.1 Å². The van der Waals surface area contributed by atoms with Crippen LogP contribution >= 0.6 is 15.9 Å². The van der Waals surface area contributed by atoms with Gasteiger partial charge in [0, 0.05) is 15.6 Å². The zero-order valence-electron chi connectivity index (χ0n) is 11.2. The quantitative estimate of drug-likeness (QED) is 0.849. The first-order chi connectivity index (χ1) is 10.4. The fourth-order valence-electron chi connectivity index (χ4n) is 2.07. The van der Waals surface area contributed by atoms with Gasteiger partial charge in [0.05, 0.1) is 7.11 Å². The van der Waals surface area contributed by atoms with Crippen LogP contribution < -0.4 is 16.0 Å². The van der Waals surface area contributed by atoms with Crippen LogP contribution in [0, 0.1) is 28.5 Å². The van der Waals surface area contributed by atoms with Crippen LogP contribution in [0.15, 0.2) is 21.4 Å². The third-order valence-electron chi connectivity index (χ3n) is 2.95. The minimum atomic E-state index is -0.767. The summed E-state index contributed by atoms with van der Waals surface area (Å²) in [6, 6.07) is 6.13. The number of nitrogen functional groups attached to an aromatic ring is 1. The minimum absolute atomic E-state index is 0.0664. The second-order valence-electron chi connectivity index (χ2n) is 4.18. The molecular weight excluding hydrogens is 355 g/mol. The molecule has 0 unspecified atom stereocenters. The van der Waals surface area contributed by atoms with Crippen molar-refractivity contribution in [2.24, 2.45) is 0 Å². The number of hydrogen-bond donors (Lipinski definition) is 2. The second-order valence-corrected chi connectivity index (χ2v) is 5.10. The van der Waals surface area contributed by atoms with E-state index in [2.05, 4.69) is 20.9 Å². The standard InChI is InChI=1S/C14H8BrFN4O2/c1-22-12-7(2-6(15)3-10(12)16)11-8(4-17)13(19)20-14(21)9(11)5-18/h2-3H,1H3,(H3,19,20,21). The Labute approximate surface area is 132 Å². The number of nitriles is 2. The van der Waals surface area contributed by atoms with Crippen molar-refractivity contribution in [1.82, 2.24) is 4.98 Å². The number of hydrogen-bond acceptors (Lipinski definition) is 5. The second kappa shape index (κ2) is 5.88. The number of rotatable bonds is 2. The molecule has 22 heavy (non-hydrogen) atoms. The Kier molecular flexibility index (Phi) is 4.15. The van der Waals surface area contributed by atoms with Gasteiger partial charge in [-0.05, 0) is 12.1 Å². The molecule has 0 spiro atoms. The Morgan fingerprint density at radius 2 is 1.95 bits per heavy atom. The molecule has 0 aliphatic heterocycles. The average molecular weight is 363 g/mol. The summed E-state index contributed by atoms with van der Waals surface area (Å²) in [6.07, 6.45) is 0. The highest BCUT2D eigenvalue weighted by Gasteiger charge is 2.23. The van der Waals surface area contributed by atoms with E-state index in [1.807, 2.05) is 6.07 Å². The maximum atomic E-state index is 14.0. The number of benzene rings is 1. The molecule has 2 rings (SSSR count). The Morgan fingerprint density at radius 1 is 1.32 bits per heavy atom. The van der Waals surface area contributed by atoms with Crippen LogP contribution in [0.3, 0.4) is 0 Å². The highest BCUT2D eigenvalue weighted by atomic mass is 79.9. The summed E-state index contributed by atoms with van der Waals surface area (Å²) < 4.78 is 19.4. The van der Waals surface area contributed by atoms with Crippen LogP contribution in [0.1, 0.15) is 11.1 Å². The number of methoxy groups -OCH3 is 1. The summed E-state index contributed by atoms with van der Waals surface area (Å²) in [6.45, 7) is 0. The molecular formula is C14H8BrFN4O2. The summed E-state index contributed by atoms with van der Waals surface area (Å²) in [5.41, 5.74) is 4.40. The van der Waals surface area contributed by atoms with E-state index in [0.717, 1.165) is 6.07 Å². The molecule has 0 fully saturated rings. The molecule has 1 aromatic carbocycles. The Balaban J connectivity index is 3.05. The topological polar surface area (TPSA) is 116 Å². The fourth-order valence-corrected chi connectivity index (χ4v) is 2.50. The first kappa shape index (κ1) is 15.5. The molecule has 0 saturated carbocycles. The van der Waals surface area contributed by atoms with Crippen LogP contribution in [0.25, 0.3) is 11.1 Å². The van der Waals surface area contributed by atoms with Gasteiger partial charge >= 0.3 is 0 Å². The zero-order chi connectivity index (χ0) is 16.4. The molecule has 0 saturated heterocycles. The van der Waals surface area contributed by atoms with Crippen LogP contribution in [0.2, 0.25) is 0 Å². The molecule has 2 aromatic rings. The highest BCUT2D eigenvalue weighted by Crippen LogP contribution is 2.38. The molecule has 0 aliphatic rings. The zero-order valence-corrected chi connectivity index (χ0v) is 12.8. The number of anilines is 1. The Hall–Kier alpha value is -2.84. The van der Waals surface area contributed by atoms with Gasteiger partial charge in [-0.1, -0.05) is 15.9 Å². The van der Waals surface area contributed by atoms with Crippen molar-refractivity contribution >= 4 is 21.7 Å². The lowest BCUT2D eigenvalue weighted by atomic mass is 9.95. The number of nitrogens with zero attached hydrogens (tertiary/aromatic N) is 2. The summed E-state index contributed by atoms with van der Waals surface area (Å²) >= 11 is 3.13. The van der Waals surface area contributed by atoms with Gasteiger partial charge in [-0.3, -0.25) is 4.79 Å². The van der Waals surface area contributed by atoms with E-state index >= 15 is 0 Å². The fraction of sp³-hybridized carbons (Fsp3) is 0.0714. The van der Waals surface area contributed by atoms with Crippen molar-refractivity contribution in [3.8, 4) is 29.0 Å². The van der Waals surface area contributed by atoms with Crippen molar-refractivity contribution in [2.45, 2.75) is 0 Å². The summed E-state index contributed by atoms with van der Waals surface area (Å²) in [5.74, 6) is -1.11. The third-order valence-corrected chi connectivity index (χ3v) is 3.41. The molecule has 6 nitrogen and oxygen atoms in total. The van der Waals surface area contributed by atoms with E-state index in [9.17, 15) is 19.7 Å². The number of ether oxygens (including phenoxy) is 1. The van der Waals surface area contributed by atoms with Gasteiger partial charge in [-0.15, -0.1) is 0 Å². The van der Waals surface area contributed by atoms with Crippen LogP contribution in [0.4, 0.5) is 10.2 Å². The van der Waals surface area contributed by atoms with Crippen LogP contribution in [0.5, 0.6) is 5.75 Å². The van der Waals surface area contributed by atoms with E-state index in [4.69, 9.17) is 10.5 Å². The predicted octanol–water partition coefficient (Wildman–Crippen LogP) is 2.28. The van der Waals surface area contributed by atoms with Gasteiger partial charge in [0.2, 0.25) is 0 Å². The largest absolute Gasteiger partial charge is 0.493 e. The van der Waals surface area contributed by atoms with Gasteiger partial charge < -0.3 is 15.5 Å². The van der Waals surface area contributed by atoms with E-state index in [1.165, 1.54) is 13.2 Å². The van der Waals surface area contributed by atoms with E-state index in [0.29, 0.717) is 4.47 Å². The van der Waals surface area contributed by atoms with Gasteiger partial charge in [0.15, 0.2) is 11.6 Å². The summed E-state index contributed by atoms with van der Waals surface area (Å²) in [7, 11) is 1.24. The van der Waals surface area contributed by atoms with Gasteiger partial charge in [-0.25, -0.2) is 4.39 Å². The number of H-pyrrole nitrogens is 1. The SMILES string of the molecule is COc1c(F)cc(Br)cc1-c1c(C#N)c(N)[nH]c(=O)c1C#N. The average Bonchev–Trinajstić information content (AvgIpc) is 2.45. The normalized spacial score (nSPS) is 9.86. The van der Waals surface area contributed by atoms with Gasteiger partial charge in [0.1, 0.15) is 29.1 Å². The van der Waals surface area contributed by atoms with Gasteiger partial charge in [0.25, 0.3) is 5.56 Å². The van der Waals surface area contributed by atoms with E-state index in [-0.39, 0.29) is 33.8 Å². The lowest BCUT2D eigenvalue weighted by Crippen LogP contribution is -2.16.